The van der Waals surface area contributed by atoms with Crippen LogP contribution >= 0.6 is 0 Å². The number of pyridine rings is 2. The van der Waals surface area contributed by atoms with Crippen LogP contribution in [0, 0.1) is 0 Å². The highest BCUT2D eigenvalue weighted by Crippen LogP contribution is 2.28. The molecule has 1 amide bonds. The van der Waals surface area contributed by atoms with Crippen molar-refractivity contribution >= 4 is 39.6 Å². The van der Waals surface area contributed by atoms with Crippen molar-refractivity contribution in [3.8, 4) is 0 Å². The predicted octanol–water partition coefficient (Wildman–Crippen LogP) is 2.16. The summed E-state index contributed by atoms with van der Waals surface area (Å²) in [5, 5.41) is 3.79. The minimum Gasteiger partial charge on any atom is -0.397 e. The fourth-order valence-electron chi connectivity index (χ4n) is 4.24. The molecule has 1 saturated heterocycles. The molecule has 0 aliphatic carbocycles. The van der Waals surface area contributed by atoms with Crippen molar-refractivity contribution in [3.05, 3.63) is 54.0 Å². The number of nitrogens with two attached hydrogens (primary N) is 3. The van der Waals surface area contributed by atoms with Crippen LogP contribution < -0.4 is 27.4 Å². The zero-order valence-corrected chi connectivity index (χ0v) is 18.8. The van der Waals surface area contributed by atoms with Crippen molar-refractivity contribution in [2.24, 2.45) is 16.5 Å². The number of aliphatic imine (C=N–C) groups is 1. The SMILES string of the molecule is CN=C(CCN)c1ccc2cc(N)c(C(=O)Nc3cnccc3N3CCCC(N)C3)nc2c1. The first kappa shape index (κ1) is 22.6. The number of nitrogens with one attached hydrogen (secondary N) is 1. The molecule has 33 heavy (non-hydrogen) atoms. The van der Waals surface area contributed by atoms with E-state index in [1.807, 2.05) is 24.3 Å². The van der Waals surface area contributed by atoms with Crippen molar-refractivity contribution in [1.82, 2.24) is 9.97 Å². The second-order valence-corrected chi connectivity index (χ2v) is 8.24. The van der Waals surface area contributed by atoms with Gasteiger partial charge in [0.2, 0.25) is 0 Å². The highest BCUT2D eigenvalue weighted by Gasteiger charge is 2.21. The molecular formula is C24H30N8O. The number of nitrogens with zero attached hydrogens (tertiary/aromatic N) is 4. The summed E-state index contributed by atoms with van der Waals surface area (Å²) in [4.78, 5) is 28.5. The summed E-state index contributed by atoms with van der Waals surface area (Å²) in [5.74, 6) is -0.387. The molecule has 1 aliphatic rings. The molecule has 4 rings (SSSR count). The average molecular weight is 447 g/mol. The van der Waals surface area contributed by atoms with Crippen LogP contribution in [0.2, 0.25) is 0 Å². The van der Waals surface area contributed by atoms with Gasteiger partial charge < -0.3 is 27.4 Å². The molecule has 1 unspecified atom stereocenters. The van der Waals surface area contributed by atoms with Crippen LogP contribution in [0.4, 0.5) is 17.1 Å². The van der Waals surface area contributed by atoms with Gasteiger partial charge in [-0.3, -0.25) is 14.8 Å². The third-order valence-corrected chi connectivity index (χ3v) is 5.89. The van der Waals surface area contributed by atoms with Crippen molar-refractivity contribution in [2.75, 3.05) is 42.6 Å². The van der Waals surface area contributed by atoms with E-state index in [0.717, 1.165) is 48.3 Å². The van der Waals surface area contributed by atoms with Gasteiger partial charge in [0.1, 0.15) is 0 Å². The van der Waals surface area contributed by atoms with Crippen molar-refractivity contribution in [1.29, 1.82) is 0 Å². The smallest absolute Gasteiger partial charge is 0.276 e. The summed E-state index contributed by atoms with van der Waals surface area (Å²) in [7, 11) is 1.74. The number of amides is 1. The maximum absolute atomic E-state index is 13.2. The largest absolute Gasteiger partial charge is 0.397 e. The number of piperidine rings is 1. The first-order chi connectivity index (χ1) is 16.0. The van der Waals surface area contributed by atoms with Gasteiger partial charge in [-0.25, -0.2) is 4.98 Å². The van der Waals surface area contributed by atoms with Crippen LogP contribution in [0.25, 0.3) is 10.9 Å². The zero-order chi connectivity index (χ0) is 23.4. The Morgan fingerprint density at radius 1 is 1.30 bits per heavy atom. The standard InChI is InChI=1S/C24H30N8O/c1-28-19(6-8-25)16-5-4-15-11-18(27)23(30-20(15)12-16)24(33)31-21-13-29-9-7-22(21)32-10-2-3-17(26)14-32/h4-5,7,9,11-13,17H,2-3,6,8,10,14,25-27H2,1H3,(H,31,33). The number of hydrogen-bond acceptors (Lipinski definition) is 8. The van der Waals surface area contributed by atoms with Crippen LogP contribution in [0.15, 0.2) is 47.7 Å². The molecule has 1 aromatic carbocycles. The molecule has 0 saturated carbocycles. The number of fused-ring (bicyclic) bond motifs is 1. The van der Waals surface area contributed by atoms with E-state index in [1.165, 1.54) is 0 Å². The molecule has 172 valence electrons. The van der Waals surface area contributed by atoms with Crippen LogP contribution in [0.1, 0.15) is 35.3 Å². The summed E-state index contributed by atoms with van der Waals surface area (Å²) < 4.78 is 0. The molecule has 3 aromatic rings. The van der Waals surface area contributed by atoms with Gasteiger partial charge >= 0.3 is 0 Å². The zero-order valence-electron chi connectivity index (χ0n) is 18.8. The van der Waals surface area contributed by atoms with Crippen molar-refractivity contribution < 1.29 is 4.79 Å². The molecule has 3 heterocycles. The highest BCUT2D eigenvalue weighted by atomic mass is 16.1. The molecule has 7 N–H and O–H groups in total. The predicted molar refractivity (Wildman–Crippen MR) is 134 cm³/mol. The van der Waals surface area contributed by atoms with Crippen molar-refractivity contribution in [2.45, 2.75) is 25.3 Å². The Kier molecular flexibility index (Phi) is 6.81. The second-order valence-electron chi connectivity index (χ2n) is 8.24. The van der Waals surface area contributed by atoms with E-state index in [2.05, 4.69) is 25.2 Å². The van der Waals surface area contributed by atoms with Gasteiger partial charge in [-0.15, -0.1) is 0 Å². The third-order valence-electron chi connectivity index (χ3n) is 5.89. The molecule has 9 nitrogen and oxygen atoms in total. The number of carbonyl (C=O) groups is 1. The Bertz CT molecular complexity index is 1190. The van der Waals surface area contributed by atoms with E-state index < -0.39 is 0 Å². The summed E-state index contributed by atoms with van der Waals surface area (Å²) >= 11 is 0. The monoisotopic (exact) mass is 446 g/mol. The lowest BCUT2D eigenvalue weighted by Gasteiger charge is -2.33. The summed E-state index contributed by atoms with van der Waals surface area (Å²) in [6.07, 6.45) is 6.02. The van der Waals surface area contributed by atoms with Gasteiger partial charge in [0.25, 0.3) is 5.91 Å². The lowest BCUT2D eigenvalue weighted by atomic mass is 10.0. The topological polar surface area (TPSA) is 149 Å². The maximum atomic E-state index is 13.2. The summed E-state index contributed by atoms with van der Waals surface area (Å²) in [5.41, 5.74) is 22.5. The molecule has 1 aliphatic heterocycles. The molecular weight excluding hydrogens is 416 g/mol. The van der Waals surface area contributed by atoms with Gasteiger partial charge in [0, 0.05) is 49.9 Å². The number of benzene rings is 1. The average Bonchev–Trinajstić information content (AvgIpc) is 2.82. The molecule has 1 fully saturated rings. The normalized spacial score (nSPS) is 16.8. The fraction of sp³-hybridized carbons (Fsp3) is 0.333. The van der Waals surface area contributed by atoms with Crippen LogP contribution in [0.3, 0.4) is 0 Å². The van der Waals surface area contributed by atoms with E-state index in [9.17, 15) is 4.79 Å². The van der Waals surface area contributed by atoms with Crippen LogP contribution in [-0.2, 0) is 0 Å². The number of hydrogen-bond donors (Lipinski definition) is 4. The Morgan fingerprint density at radius 2 is 2.15 bits per heavy atom. The first-order valence-corrected chi connectivity index (χ1v) is 11.1. The minimum absolute atomic E-state index is 0.110. The molecule has 9 heteroatoms. The Labute approximate surface area is 193 Å². The molecule has 1 atom stereocenters. The van der Waals surface area contributed by atoms with Gasteiger partial charge in [-0.1, -0.05) is 12.1 Å². The van der Waals surface area contributed by atoms with E-state index in [0.29, 0.717) is 29.9 Å². The summed E-state index contributed by atoms with van der Waals surface area (Å²) in [6, 6.07) is 9.57. The molecule has 2 aromatic heterocycles. The van der Waals surface area contributed by atoms with Gasteiger partial charge in [0.05, 0.1) is 28.8 Å². The number of nitrogen functional groups attached to an aromatic ring is 1. The lowest BCUT2D eigenvalue weighted by Crippen LogP contribution is -2.43. The second kappa shape index (κ2) is 9.93. The third kappa shape index (κ3) is 4.94. The van der Waals surface area contributed by atoms with Gasteiger partial charge in [-0.2, -0.15) is 0 Å². The molecule has 0 spiro atoms. The number of aromatic nitrogens is 2. The number of carbonyl (C=O) groups excluding carboxylic acids is 1. The van der Waals surface area contributed by atoms with E-state index in [-0.39, 0.29) is 17.6 Å². The highest BCUT2D eigenvalue weighted by molar-refractivity contribution is 6.10. The fourth-order valence-corrected chi connectivity index (χ4v) is 4.24. The van der Waals surface area contributed by atoms with Crippen LogP contribution in [0.5, 0.6) is 0 Å². The quantitative estimate of drug-likeness (QED) is 0.424. The summed E-state index contributed by atoms with van der Waals surface area (Å²) in [6.45, 7) is 2.11. The van der Waals surface area contributed by atoms with E-state index in [1.54, 1.807) is 25.5 Å². The van der Waals surface area contributed by atoms with Gasteiger partial charge in [0.15, 0.2) is 5.69 Å². The number of rotatable bonds is 6. The lowest BCUT2D eigenvalue weighted by molar-refractivity contribution is 0.102. The van der Waals surface area contributed by atoms with E-state index in [4.69, 9.17) is 17.2 Å². The van der Waals surface area contributed by atoms with Gasteiger partial charge in [-0.05, 0) is 43.1 Å². The maximum Gasteiger partial charge on any atom is 0.276 e. The van der Waals surface area contributed by atoms with Crippen LogP contribution in [-0.4, -0.2) is 54.3 Å². The Morgan fingerprint density at radius 3 is 2.91 bits per heavy atom. The molecule has 0 bridgehead atoms. The minimum atomic E-state index is -0.387. The van der Waals surface area contributed by atoms with Crippen molar-refractivity contribution in [3.63, 3.8) is 0 Å². The molecule has 0 radical (unpaired) electrons. The Balaban J connectivity index is 1.64. The number of anilines is 3. The Hall–Kier alpha value is -3.56. The van der Waals surface area contributed by atoms with E-state index >= 15 is 0 Å². The first-order valence-electron chi connectivity index (χ1n) is 11.1.